The maximum absolute atomic E-state index is 10.4. The largest absolute Gasteiger partial charge is 0.389 e. The van der Waals surface area contributed by atoms with E-state index in [1.54, 1.807) is 0 Å². The second-order valence-corrected chi connectivity index (χ2v) is 7.89. The lowest BCUT2D eigenvalue weighted by Gasteiger charge is -2.52. The van der Waals surface area contributed by atoms with Crippen molar-refractivity contribution in [1.29, 1.82) is 0 Å². The van der Waals surface area contributed by atoms with Gasteiger partial charge in [0, 0.05) is 34.6 Å². The van der Waals surface area contributed by atoms with E-state index >= 15 is 0 Å². The lowest BCUT2D eigenvalue weighted by Crippen LogP contribution is -2.63. The number of hydrogen-bond acceptors (Lipinski definition) is 2. The smallest absolute Gasteiger partial charge is 0.0769 e. The molecule has 1 saturated heterocycles. The van der Waals surface area contributed by atoms with Crippen molar-refractivity contribution in [2.75, 3.05) is 0 Å². The average Bonchev–Trinajstić information content (AvgIpc) is 2.89. The zero-order chi connectivity index (χ0) is 16.2. The number of aromatic amines is 1. The number of hydrogen-bond donors (Lipinski definition) is 3. The molecule has 23 heavy (non-hydrogen) atoms. The van der Waals surface area contributed by atoms with Gasteiger partial charge in [0.25, 0.3) is 0 Å². The van der Waals surface area contributed by atoms with Crippen LogP contribution in [0.3, 0.4) is 0 Å². The van der Waals surface area contributed by atoms with Crippen molar-refractivity contribution in [3.63, 3.8) is 0 Å². The first-order valence-electron chi connectivity index (χ1n) is 8.65. The van der Waals surface area contributed by atoms with Gasteiger partial charge in [0.05, 0.1) is 6.10 Å². The Morgan fingerprint density at radius 2 is 2.04 bits per heavy atom. The van der Waals surface area contributed by atoms with Gasteiger partial charge < -0.3 is 15.4 Å². The van der Waals surface area contributed by atoms with Gasteiger partial charge in [-0.25, -0.2) is 0 Å². The Morgan fingerprint density at radius 3 is 2.87 bits per heavy atom. The molecule has 2 bridgehead atoms. The molecule has 1 aromatic carbocycles. The molecule has 0 amide bonds. The van der Waals surface area contributed by atoms with Gasteiger partial charge in [-0.3, -0.25) is 0 Å². The second-order valence-electron chi connectivity index (χ2n) is 7.89. The summed E-state index contributed by atoms with van der Waals surface area (Å²) in [5.41, 5.74) is 3.89. The van der Waals surface area contributed by atoms with Gasteiger partial charge >= 0.3 is 0 Å². The quantitative estimate of drug-likeness (QED) is 0.745. The Labute approximate surface area is 137 Å². The predicted molar refractivity (Wildman–Crippen MR) is 94.4 cm³/mol. The summed E-state index contributed by atoms with van der Waals surface area (Å²) in [7, 11) is 0. The summed E-state index contributed by atoms with van der Waals surface area (Å²) >= 11 is 0. The number of aromatic nitrogens is 1. The highest BCUT2D eigenvalue weighted by Gasteiger charge is 2.46. The molecular weight excluding hydrogens is 284 g/mol. The number of para-hydroxylation sites is 1. The Balaban J connectivity index is 1.67. The highest BCUT2D eigenvalue weighted by Crippen LogP contribution is 2.43. The van der Waals surface area contributed by atoms with Gasteiger partial charge in [-0.1, -0.05) is 29.8 Å². The minimum Gasteiger partial charge on any atom is -0.389 e. The summed E-state index contributed by atoms with van der Waals surface area (Å²) < 4.78 is 0. The van der Waals surface area contributed by atoms with Crippen LogP contribution in [-0.4, -0.2) is 27.8 Å². The molecular formula is C20H26N2O. The minimum absolute atomic E-state index is 0.0378. The number of aliphatic hydroxyl groups is 1. The SMILES string of the molecule is CC1=C[C@@H](O)[C@H]2C[C@@H]1[C@@H](Cc1c[nH]c3ccccc13)NC2(C)C. The van der Waals surface area contributed by atoms with Crippen molar-refractivity contribution < 1.29 is 5.11 Å². The molecule has 0 saturated carbocycles. The van der Waals surface area contributed by atoms with Crippen LogP contribution in [0.15, 0.2) is 42.1 Å². The Kier molecular flexibility index (Phi) is 3.40. The van der Waals surface area contributed by atoms with Crippen LogP contribution < -0.4 is 5.32 Å². The number of rotatable bonds is 2. The van der Waals surface area contributed by atoms with Crippen molar-refractivity contribution in [3.8, 4) is 0 Å². The molecule has 1 aliphatic carbocycles. The van der Waals surface area contributed by atoms with Gasteiger partial charge in [-0.2, -0.15) is 0 Å². The Hall–Kier alpha value is -1.58. The van der Waals surface area contributed by atoms with E-state index in [2.05, 4.69) is 67.6 Å². The molecule has 3 heteroatoms. The molecule has 2 aliphatic rings. The zero-order valence-corrected chi connectivity index (χ0v) is 14.1. The molecule has 3 nitrogen and oxygen atoms in total. The van der Waals surface area contributed by atoms with Crippen LogP contribution >= 0.6 is 0 Å². The molecule has 0 unspecified atom stereocenters. The molecule has 2 heterocycles. The number of H-pyrrole nitrogens is 1. The number of piperidine rings is 1. The van der Waals surface area contributed by atoms with Crippen LogP contribution in [0.4, 0.5) is 0 Å². The second kappa shape index (κ2) is 5.22. The van der Waals surface area contributed by atoms with Crippen LogP contribution in [-0.2, 0) is 6.42 Å². The molecule has 0 spiro atoms. The van der Waals surface area contributed by atoms with Gasteiger partial charge in [-0.15, -0.1) is 0 Å². The number of aliphatic hydroxyl groups excluding tert-OH is 1. The molecule has 4 rings (SSSR count). The van der Waals surface area contributed by atoms with E-state index in [4.69, 9.17) is 0 Å². The van der Waals surface area contributed by atoms with E-state index in [1.165, 1.54) is 22.0 Å². The normalized spacial score (nSPS) is 32.8. The first-order chi connectivity index (χ1) is 11.0. The third kappa shape index (κ3) is 2.43. The Bertz CT molecular complexity index is 758. The molecule has 3 N–H and O–H groups in total. The van der Waals surface area contributed by atoms with Crippen LogP contribution in [0.2, 0.25) is 0 Å². The maximum Gasteiger partial charge on any atom is 0.0769 e. The van der Waals surface area contributed by atoms with E-state index in [0.29, 0.717) is 17.9 Å². The van der Waals surface area contributed by atoms with Crippen LogP contribution in [0.5, 0.6) is 0 Å². The highest BCUT2D eigenvalue weighted by atomic mass is 16.3. The van der Waals surface area contributed by atoms with Crippen molar-refractivity contribution in [2.24, 2.45) is 11.8 Å². The first kappa shape index (κ1) is 15.0. The number of benzene rings is 1. The van der Waals surface area contributed by atoms with Crippen LogP contribution in [0.25, 0.3) is 10.9 Å². The predicted octanol–water partition coefficient (Wildman–Crippen LogP) is 3.40. The zero-order valence-electron chi connectivity index (χ0n) is 14.1. The monoisotopic (exact) mass is 310 g/mol. The van der Waals surface area contributed by atoms with Crippen molar-refractivity contribution in [2.45, 2.75) is 51.3 Å². The summed E-state index contributed by atoms with van der Waals surface area (Å²) in [6.45, 7) is 6.63. The summed E-state index contributed by atoms with van der Waals surface area (Å²) in [4.78, 5) is 3.39. The molecule has 1 aromatic heterocycles. The van der Waals surface area contributed by atoms with Crippen LogP contribution in [0, 0.1) is 11.8 Å². The number of fused-ring (bicyclic) bond motifs is 3. The van der Waals surface area contributed by atoms with E-state index < -0.39 is 0 Å². The van der Waals surface area contributed by atoms with Crippen molar-refractivity contribution >= 4 is 10.9 Å². The molecule has 4 atom stereocenters. The van der Waals surface area contributed by atoms with E-state index in [9.17, 15) is 5.11 Å². The molecule has 1 fully saturated rings. The van der Waals surface area contributed by atoms with Gasteiger partial charge in [0.1, 0.15) is 0 Å². The number of nitrogens with one attached hydrogen (secondary N) is 2. The minimum atomic E-state index is -0.317. The lowest BCUT2D eigenvalue weighted by atomic mass is 9.64. The molecule has 2 aromatic rings. The summed E-state index contributed by atoms with van der Waals surface area (Å²) in [6, 6.07) is 8.94. The fourth-order valence-electron chi connectivity index (χ4n) is 4.73. The third-order valence-corrected chi connectivity index (χ3v) is 6.02. The maximum atomic E-state index is 10.4. The summed E-state index contributed by atoms with van der Waals surface area (Å²) in [5, 5.41) is 15.6. The lowest BCUT2D eigenvalue weighted by molar-refractivity contribution is 0.0187. The summed E-state index contributed by atoms with van der Waals surface area (Å²) in [6.07, 6.45) is 6.02. The fourth-order valence-corrected chi connectivity index (χ4v) is 4.73. The molecule has 122 valence electrons. The summed E-state index contributed by atoms with van der Waals surface area (Å²) in [5.74, 6) is 0.820. The van der Waals surface area contributed by atoms with Gasteiger partial charge in [0.15, 0.2) is 0 Å². The highest BCUT2D eigenvalue weighted by molar-refractivity contribution is 5.83. The average molecular weight is 310 g/mol. The topological polar surface area (TPSA) is 48.0 Å². The van der Waals surface area contributed by atoms with E-state index in [-0.39, 0.29) is 11.6 Å². The first-order valence-corrected chi connectivity index (χ1v) is 8.65. The standard InChI is InChI=1S/C20H26N2O/c1-12-8-19(23)16-10-15(12)18(22-20(16,2)3)9-13-11-21-17-7-5-4-6-14(13)17/h4-8,11,15-16,18-19,21-23H,9-10H2,1-3H3/t15-,16+,18+,19+/m0/s1. The fraction of sp³-hybridized carbons (Fsp3) is 0.500. The van der Waals surface area contributed by atoms with E-state index in [0.717, 1.165) is 12.8 Å². The molecule has 0 radical (unpaired) electrons. The van der Waals surface area contributed by atoms with Crippen molar-refractivity contribution in [3.05, 3.63) is 47.7 Å². The molecule has 1 aliphatic heterocycles. The third-order valence-electron chi connectivity index (χ3n) is 6.02. The van der Waals surface area contributed by atoms with E-state index in [1.807, 2.05) is 0 Å². The van der Waals surface area contributed by atoms with Crippen LogP contribution in [0.1, 0.15) is 32.8 Å². The van der Waals surface area contributed by atoms with Gasteiger partial charge in [-0.05, 0) is 51.2 Å². The Morgan fingerprint density at radius 1 is 1.26 bits per heavy atom. The van der Waals surface area contributed by atoms with Crippen molar-refractivity contribution in [1.82, 2.24) is 10.3 Å². The van der Waals surface area contributed by atoms with Gasteiger partial charge in [0.2, 0.25) is 0 Å².